The third-order valence-electron chi connectivity index (χ3n) is 2.97. The standard InChI is InChI=1S/C11H20N6OS/c1-18-9-10(14-8-15-11(9)16-12)13-2-3-17-4-6-19-7-5-17/h8H,2-7,12H2,1H3,(H2,13,14,15,16). The van der Waals surface area contributed by atoms with Crippen LogP contribution in [-0.2, 0) is 0 Å². The Morgan fingerprint density at radius 1 is 1.37 bits per heavy atom. The molecular formula is C11H20N6OS. The number of rotatable bonds is 6. The van der Waals surface area contributed by atoms with E-state index >= 15 is 0 Å². The molecule has 0 bridgehead atoms. The van der Waals surface area contributed by atoms with E-state index in [1.165, 1.54) is 17.8 Å². The maximum atomic E-state index is 5.38. The highest BCUT2D eigenvalue weighted by Gasteiger charge is 2.12. The lowest BCUT2D eigenvalue weighted by molar-refractivity contribution is 0.314. The Bertz CT molecular complexity index is 399. The summed E-state index contributed by atoms with van der Waals surface area (Å²) in [6, 6.07) is 0. The molecule has 1 aliphatic heterocycles. The van der Waals surface area contributed by atoms with Crippen LogP contribution in [0, 0.1) is 0 Å². The molecule has 0 atom stereocenters. The second-order valence-electron chi connectivity index (χ2n) is 4.13. The Labute approximate surface area is 117 Å². The van der Waals surface area contributed by atoms with Gasteiger partial charge in [-0.25, -0.2) is 15.8 Å². The summed E-state index contributed by atoms with van der Waals surface area (Å²) in [7, 11) is 1.58. The van der Waals surface area contributed by atoms with Crippen LogP contribution >= 0.6 is 11.8 Å². The van der Waals surface area contributed by atoms with Crippen molar-refractivity contribution in [1.82, 2.24) is 14.9 Å². The molecule has 0 saturated carbocycles. The number of thioether (sulfide) groups is 1. The second-order valence-corrected chi connectivity index (χ2v) is 5.35. The molecule has 1 saturated heterocycles. The fourth-order valence-corrected chi connectivity index (χ4v) is 2.93. The summed E-state index contributed by atoms with van der Waals surface area (Å²) in [5.74, 6) is 9.51. The number of nitrogen functional groups attached to an aromatic ring is 1. The van der Waals surface area contributed by atoms with Gasteiger partial charge in [0.2, 0.25) is 5.75 Å². The van der Waals surface area contributed by atoms with Crippen LogP contribution in [0.1, 0.15) is 0 Å². The van der Waals surface area contributed by atoms with Crippen molar-refractivity contribution in [2.75, 3.05) is 55.5 Å². The summed E-state index contributed by atoms with van der Waals surface area (Å²) in [6.45, 7) is 4.13. The molecule has 0 spiro atoms. The summed E-state index contributed by atoms with van der Waals surface area (Å²) in [4.78, 5) is 10.6. The molecule has 4 N–H and O–H groups in total. The highest BCUT2D eigenvalue weighted by molar-refractivity contribution is 7.99. The lowest BCUT2D eigenvalue weighted by Gasteiger charge is -2.26. The van der Waals surface area contributed by atoms with E-state index in [4.69, 9.17) is 10.6 Å². The van der Waals surface area contributed by atoms with E-state index in [0.717, 1.165) is 26.2 Å². The number of ether oxygens (including phenoxy) is 1. The monoisotopic (exact) mass is 284 g/mol. The first-order chi connectivity index (χ1) is 9.35. The van der Waals surface area contributed by atoms with Gasteiger partial charge in [-0.3, -0.25) is 4.90 Å². The van der Waals surface area contributed by atoms with Crippen LogP contribution in [0.25, 0.3) is 0 Å². The smallest absolute Gasteiger partial charge is 0.205 e. The number of aromatic nitrogens is 2. The fraction of sp³-hybridized carbons (Fsp3) is 0.636. The summed E-state index contributed by atoms with van der Waals surface area (Å²) in [5.41, 5.74) is 2.50. The van der Waals surface area contributed by atoms with E-state index in [2.05, 4.69) is 25.6 Å². The average molecular weight is 284 g/mol. The molecule has 8 heteroatoms. The van der Waals surface area contributed by atoms with Crippen LogP contribution in [0.5, 0.6) is 5.75 Å². The van der Waals surface area contributed by atoms with Gasteiger partial charge in [-0.05, 0) is 0 Å². The second kappa shape index (κ2) is 7.37. The molecular weight excluding hydrogens is 264 g/mol. The molecule has 1 aromatic heterocycles. The fourth-order valence-electron chi connectivity index (χ4n) is 1.95. The van der Waals surface area contributed by atoms with Crippen molar-refractivity contribution in [3.05, 3.63) is 6.33 Å². The largest absolute Gasteiger partial charge is 0.490 e. The van der Waals surface area contributed by atoms with Crippen LogP contribution in [0.4, 0.5) is 11.6 Å². The predicted molar refractivity (Wildman–Crippen MR) is 78.6 cm³/mol. The van der Waals surface area contributed by atoms with Crippen molar-refractivity contribution in [3.63, 3.8) is 0 Å². The molecule has 0 unspecified atom stereocenters. The Morgan fingerprint density at radius 2 is 2.11 bits per heavy atom. The zero-order valence-electron chi connectivity index (χ0n) is 11.1. The Hall–Kier alpha value is -1.25. The van der Waals surface area contributed by atoms with Crippen molar-refractivity contribution >= 4 is 23.4 Å². The van der Waals surface area contributed by atoms with Gasteiger partial charge in [0.1, 0.15) is 6.33 Å². The molecule has 106 valence electrons. The van der Waals surface area contributed by atoms with E-state index in [1.54, 1.807) is 7.11 Å². The number of hydrazine groups is 1. The molecule has 0 aliphatic carbocycles. The molecule has 0 amide bonds. The maximum Gasteiger partial charge on any atom is 0.205 e. The van der Waals surface area contributed by atoms with Gasteiger partial charge in [-0.2, -0.15) is 11.8 Å². The van der Waals surface area contributed by atoms with E-state index in [0.29, 0.717) is 17.4 Å². The molecule has 0 radical (unpaired) electrons. The number of nitrogens with two attached hydrogens (primary N) is 1. The molecule has 1 aromatic rings. The molecule has 7 nitrogen and oxygen atoms in total. The SMILES string of the molecule is COc1c(NN)ncnc1NCCN1CCSCC1. The minimum Gasteiger partial charge on any atom is -0.490 e. The summed E-state index contributed by atoms with van der Waals surface area (Å²) in [6.07, 6.45) is 1.46. The lowest BCUT2D eigenvalue weighted by atomic mass is 10.4. The normalized spacial score (nSPS) is 16.1. The van der Waals surface area contributed by atoms with Gasteiger partial charge >= 0.3 is 0 Å². The minimum absolute atomic E-state index is 0.481. The number of hydrogen-bond acceptors (Lipinski definition) is 8. The molecule has 0 aromatic carbocycles. The minimum atomic E-state index is 0.481. The summed E-state index contributed by atoms with van der Waals surface area (Å²) in [5, 5.41) is 3.27. The molecule has 2 heterocycles. The third kappa shape index (κ3) is 3.85. The Morgan fingerprint density at radius 3 is 2.79 bits per heavy atom. The van der Waals surface area contributed by atoms with Crippen LogP contribution in [0.2, 0.25) is 0 Å². The van der Waals surface area contributed by atoms with E-state index < -0.39 is 0 Å². The van der Waals surface area contributed by atoms with Gasteiger partial charge in [0, 0.05) is 37.7 Å². The Kier molecular flexibility index (Phi) is 5.49. The number of hydrogen-bond donors (Lipinski definition) is 3. The number of nitrogens with zero attached hydrogens (tertiary/aromatic N) is 3. The van der Waals surface area contributed by atoms with Crippen molar-refractivity contribution in [3.8, 4) is 5.75 Å². The molecule has 19 heavy (non-hydrogen) atoms. The highest BCUT2D eigenvalue weighted by atomic mass is 32.2. The molecule has 1 aliphatic rings. The van der Waals surface area contributed by atoms with Crippen molar-refractivity contribution in [2.24, 2.45) is 5.84 Å². The summed E-state index contributed by atoms with van der Waals surface area (Å²) < 4.78 is 5.26. The van der Waals surface area contributed by atoms with Crippen molar-refractivity contribution in [2.45, 2.75) is 0 Å². The number of anilines is 2. The quantitative estimate of drug-likeness (QED) is 0.505. The highest BCUT2D eigenvalue weighted by Crippen LogP contribution is 2.27. The average Bonchev–Trinajstić information content (AvgIpc) is 2.48. The van der Waals surface area contributed by atoms with Crippen molar-refractivity contribution in [1.29, 1.82) is 0 Å². The van der Waals surface area contributed by atoms with Gasteiger partial charge < -0.3 is 15.5 Å². The molecule has 1 fully saturated rings. The van der Waals surface area contributed by atoms with E-state index in [-0.39, 0.29) is 0 Å². The topological polar surface area (TPSA) is 88.3 Å². The van der Waals surface area contributed by atoms with E-state index in [9.17, 15) is 0 Å². The van der Waals surface area contributed by atoms with Crippen LogP contribution in [-0.4, -0.2) is 59.7 Å². The zero-order valence-corrected chi connectivity index (χ0v) is 11.9. The van der Waals surface area contributed by atoms with Gasteiger partial charge in [0.15, 0.2) is 11.6 Å². The predicted octanol–water partition coefficient (Wildman–Crippen LogP) is 0.232. The van der Waals surface area contributed by atoms with Crippen LogP contribution in [0.3, 0.4) is 0 Å². The summed E-state index contributed by atoms with van der Waals surface area (Å²) >= 11 is 2.01. The van der Waals surface area contributed by atoms with Gasteiger partial charge in [-0.1, -0.05) is 0 Å². The molecule has 2 rings (SSSR count). The zero-order chi connectivity index (χ0) is 13.5. The van der Waals surface area contributed by atoms with Gasteiger partial charge in [0.25, 0.3) is 0 Å². The first kappa shape index (κ1) is 14.2. The Balaban J connectivity index is 1.88. The third-order valence-corrected chi connectivity index (χ3v) is 3.91. The van der Waals surface area contributed by atoms with Gasteiger partial charge in [-0.15, -0.1) is 0 Å². The maximum absolute atomic E-state index is 5.38. The van der Waals surface area contributed by atoms with Crippen LogP contribution in [0.15, 0.2) is 6.33 Å². The lowest BCUT2D eigenvalue weighted by Crippen LogP contribution is -2.36. The van der Waals surface area contributed by atoms with Crippen LogP contribution < -0.4 is 21.3 Å². The van der Waals surface area contributed by atoms with E-state index in [1.807, 2.05) is 11.8 Å². The van der Waals surface area contributed by atoms with Crippen molar-refractivity contribution < 1.29 is 4.74 Å². The first-order valence-corrected chi connectivity index (χ1v) is 7.40. The first-order valence-electron chi connectivity index (χ1n) is 6.24. The number of nitrogens with one attached hydrogen (secondary N) is 2. The number of methoxy groups -OCH3 is 1. The van der Waals surface area contributed by atoms with Gasteiger partial charge in [0.05, 0.1) is 7.11 Å².